The first-order valence-electron chi connectivity index (χ1n) is 5.74. The number of nitrogens with one attached hydrogen (secondary N) is 1. The predicted molar refractivity (Wildman–Crippen MR) is 63.3 cm³/mol. The number of ether oxygens (including phenoxy) is 1. The molecule has 7 nitrogen and oxygen atoms in total. The van der Waals surface area contributed by atoms with E-state index < -0.39 is 12.0 Å². The summed E-state index contributed by atoms with van der Waals surface area (Å²) < 4.78 is 5.12. The van der Waals surface area contributed by atoms with Gasteiger partial charge in [-0.1, -0.05) is 0 Å². The quantitative estimate of drug-likeness (QED) is 0.735. The molecule has 2 rings (SSSR count). The molecule has 1 aromatic heterocycles. The lowest BCUT2D eigenvalue weighted by Crippen LogP contribution is -2.54. The fourth-order valence-corrected chi connectivity index (χ4v) is 2.00. The maximum absolute atomic E-state index is 11.2. The number of carboxylic acid groups (broad SMARTS) is 1. The summed E-state index contributed by atoms with van der Waals surface area (Å²) in [6, 6.07) is -0.537. The van der Waals surface area contributed by atoms with Crippen LogP contribution in [0.5, 0.6) is 5.88 Å². The number of aliphatic carboxylic acids is 1. The van der Waals surface area contributed by atoms with Crippen molar-refractivity contribution in [3.63, 3.8) is 0 Å². The summed E-state index contributed by atoms with van der Waals surface area (Å²) in [5, 5.41) is 12.2. The fraction of sp³-hybridized carbons (Fsp3) is 0.545. The molecule has 18 heavy (non-hydrogen) atoms. The van der Waals surface area contributed by atoms with Crippen molar-refractivity contribution in [1.29, 1.82) is 0 Å². The Morgan fingerprint density at radius 2 is 2.39 bits per heavy atom. The van der Waals surface area contributed by atoms with E-state index in [2.05, 4.69) is 15.3 Å². The number of piperazine rings is 1. The number of nitrogens with zero attached hydrogens (tertiary/aromatic N) is 3. The molecule has 0 aliphatic carbocycles. The molecule has 0 aromatic carbocycles. The summed E-state index contributed by atoms with van der Waals surface area (Å²) in [7, 11) is 1.53. The van der Waals surface area contributed by atoms with E-state index in [1.54, 1.807) is 12.4 Å². The van der Waals surface area contributed by atoms with Crippen LogP contribution in [0.15, 0.2) is 12.4 Å². The van der Waals surface area contributed by atoms with Gasteiger partial charge in [-0.05, 0) is 0 Å². The van der Waals surface area contributed by atoms with Gasteiger partial charge in [-0.25, -0.2) is 4.98 Å². The highest BCUT2D eigenvalue weighted by Crippen LogP contribution is 2.15. The molecule has 1 atom stereocenters. The molecule has 0 bridgehead atoms. The number of methoxy groups -OCH3 is 1. The van der Waals surface area contributed by atoms with Gasteiger partial charge < -0.3 is 15.2 Å². The maximum Gasteiger partial charge on any atom is 0.322 e. The summed E-state index contributed by atoms with van der Waals surface area (Å²) in [6.07, 6.45) is 3.13. The van der Waals surface area contributed by atoms with Gasteiger partial charge in [-0.15, -0.1) is 0 Å². The van der Waals surface area contributed by atoms with Gasteiger partial charge in [-0.3, -0.25) is 14.7 Å². The zero-order valence-electron chi connectivity index (χ0n) is 10.2. The molecule has 0 radical (unpaired) electrons. The van der Waals surface area contributed by atoms with Crippen LogP contribution in [-0.2, 0) is 11.3 Å². The van der Waals surface area contributed by atoms with Crippen LogP contribution in [0.4, 0.5) is 0 Å². The minimum atomic E-state index is -0.829. The highest BCUT2D eigenvalue weighted by Gasteiger charge is 2.29. The summed E-state index contributed by atoms with van der Waals surface area (Å²) in [4.78, 5) is 21.3. The predicted octanol–water partition coefficient (Wildman–Crippen LogP) is -0.656. The molecule has 0 amide bonds. The Bertz CT molecular complexity index is 427. The number of hydrogen-bond donors (Lipinski definition) is 2. The van der Waals surface area contributed by atoms with Crippen molar-refractivity contribution < 1.29 is 14.6 Å². The SMILES string of the molecule is COc1nccnc1CN1CCNCC1C(=O)O. The van der Waals surface area contributed by atoms with E-state index in [1.165, 1.54) is 7.11 Å². The molecule has 2 heterocycles. The van der Waals surface area contributed by atoms with Crippen molar-refractivity contribution in [2.75, 3.05) is 26.7 Å². The summed E-state index contributed by atoms with van der Waals surface area (Å²) >= 11 is 0. The normalized spacial score (nSPS) is 20.6. The molecule has 7 heteroatoms. The van der Waals surface area contributed by atoms with Crippen LogP contribution in [0.1, 0.15) is 5.69 Å². The Morgan fingerprint density at radius 1 is 1.61 bits per heavy atom. The Morgan fingerprint density at radius 3 is 3.11 bits per heavy atom. The Kier molecular flexibility index (Phi) is 4.06. The van der Waals surface area contributed by atoms with Crippen LogP contribution >= 0.6 is 0 Å². The van der Waals surface area contributed by atoms with Gasteiger partial charge in [0.2, 0.25) is 5.88 Å². The summed E-state index contributed by atoms with van der Waals surface area (Å²) in [5.74, 6) is -0.384. The van der Waals surface area contributed by atoms with Gasteiger partial charge in [0.25, 0.3) is 0 Å². The fourth-order valence-electron chi connectivity index (χ4n) is 2.00. The minimum Gasteiger partial charge on any atom is -0.480 e. The third-order valence-corrected chi connectivity index (χ3v) is 2.92. The van der Waals surface area contributed by atoms with Crippen LogP contribution < -0.4 is 10.1 Å². The standard InChI is InChI=1S/C11H16N4O3/c1-18-10-8(13-2-3-14-10)7-15-5-4-12-6-9(15)11(16)17/h2-3,9,12H,4-7H2,1H3,(H,16,17). The van der Waals surface area contributed by atoms with E-state index in [0.29, 0.717) is 31.2 Å². The van der Waals surface area contributed by atoms with Crippen LogP contribution in [0.3, 0.4) is 0 Å². The Balaban J connectivity index is 2.13. The lowest BCUT2D eigenvalue weighted by Gasteiger charge is -2.33. The third kappa shape index (κ3) is 2.74. The first-order valence-corrected chi connectivity index (χ1v) is 5.74. The monoisotopic (exact) mass is 252 g/mol. The van der Waals surface area contributed by atoms with E-state index >= 15 is 0 Å². The zero-order chi connectivity index (χ0) is 13.0. The average molecular weight is 252 g/mol. The molecule has 1 aromatic rings. The van der Waals surface area contributed by atoms with Crippen molar-refractivity contribution >= 4 is 5.97 Å². The van der Waals surface area contributed by atoms with Gasteiger partial charge in [-0.2, -0.15) is 0 Å². The largest absolute Gasteiger partial charge is 0.480 e. The second kappa shape index (κ2) is 5.74. The number of aromatic nitrogens is 2. The molecule has 98 valence electrons. The molecule has 2 N–H and O–H groups in total. The summed E-state index contributed by atoms with van der Waals surface area (Å²) in [5.41, 5.74) is 0.660. The van der Waals surface area contributed by atoms with Crippen molar-refractivity contribution in [1.82, 2.24) is 20.2 Å². The number of carboxylic acids is 1. The molecular formula is C11H16N4O3. The smallest absolute Gasteiger partial charge is 0.322 e. The summed E-state index contributed by atoms with van der Waals surface area (Å²) in [6.45, 7) is 2.30. The van der Waals surface area contributed by atoms with Crippen LogP contribution in [0.2, 0.25) is 0 Å². The molecular weight excluding hydrogens is 236 g/mol. The van der Waals surface area contributed by atoms with Crippen molar-refractivity contribution in [3.05, 3.63) is 18.1 Å². The Hall–Kier alpha value is -1.73. The van der Waals surface area contributed by atoms with Crippen LogP contribution in [-0.4, -0.2) is 58.7 Å². The van der Waals surface area contributed by atoms with Crippen molar-refractivity contribution in [3.8, 4) is 5.88 Å². The molecule has 1 fully saturated rings. The Labute approximate surface area is 105 Å². The number of hydrogen-bond acceptors (Lipinski definition) is 6. The molecule has 0 saturated carbocycles. The van der Waals surface area contributed by atoms with E-state index in [-0.39, 0.29) is 0 Å². The average Bonchev–Trinajstić information content (AvgIpc) is 2.40. The molecule has 1 saturated heterocycles. The van der Waals surface area contributed by atoms with E-state index in [9.17, 15) is 4.79 Å². The maximum atomic E-state index is 11.2. The van der Waals surface area contributed by atoms with Gasteiger partial charge in [0.15, 0.2) is 0 Å². The van der Waals surface area contributed by atoms with Gasteiger partial charge in [0.05, 0.1) is 7.11 Å². The van der Waals surface area contributed by atoms with E-state index in [4.69, 9.17) is 9.84 Å². The highest BCUT2D eigenvalue weighted by atomic mass is 16.5. The second-order valence-electron chi connectivity index (χ2n) is 4.04. The first-order chi connectivity index (χ1) is 8.72. The molecule has 0 spiro atoms. The highest BCUT2D eigenvalue weighted by molar-refractivity contribution is 5.74. The van der Waals surface area contributed by atoms with Gasteiger partial charge >= 0.3 is 5.97 Å². The van der Waals surface area contributed by atoms with E-state index in [0.717, 1.165) is 6.54 Å². The number of rotatable bonds is 4. The lowest BCUT2D eigenvalue weighted by atomic mass is 10.2. The third-order valence-electron chi connectivity index (χ3n) is 2.92. The molecule has 1 aliphatic rings. The van der Waals surface area contributed by atoms with Gasteiger partial charge in [0.1, 0.15) is 11.7 Å². The number of carbonyl (C=O) groups is 1. The molecule has 1 aliphatic heterocycles. The van der Waals surface area contributed by atoms with E-state index in [1.807, 2.05) is 4.90 Å². The second-order valence-corrected chi connectivity index (χ2v) is 4.04. The van der Waals surface area contributed by atoms with Crippen molar-refractivity contribution in [2.45, 2.75) is 12.6 Å². The lowest BCUT2D eigenvalue weighted by molar-refractivity contribution is -0.144. The topological polar surface area (TPSA) is 87.6 Å². The minimum absolute atomic E-state index is 0.426. The van der Waals surface area contributed by atoms with Crippen molar-refractivity contribution in [2.24, 2.45) is 0 Å². The van der Waals surface area contributed by atoms with Crippen LogP contribution in [0.25, 0.3) is 0 Å². The van der Waals surface area contributed by atoms with Gasteiger partial charge in [0, 0.05) is 38.6 Å². The zero-order valence-corrected chi connectivity index (χ0v) is 10.2. The molecule has 1 unspecified atom stereocenters. The first kappa shape index (κ1) is 12.7. The van der Waals surface area contributed by atoms with Crippen LogP contribution in [0, 0.1) is 0 Å².